The van der Waals surface area contributed by atoms with E-state index in [1.807, 2.05) is 30.3 Å². The normalized spacial score (nSPS) is 10.8. The SMILES string of the molecule is Cc1oc(-c2ccccc2)nc1C(=O)OCc1nc(-c2ccc(Cl)cc2)no1. The number of aromatic nitrogens is 3. The summed E-state index contributed by atoms with van der Waals surface area (Å²) in [6.45, 7) is 1.48. The Morgan fingerprint density at radius 3 is 2.54 bits per heavy atom. The molecule has 0 fully saturated rings. The van der Waals surface area contributed by atoms with Crippen LogP contribution in [0.4, 0.5) is 0 Å². The minimum atomic E-state index is -0.630. The van der Waals surface area contributed by atoms with E-state index >= 15 is 0 Å². The second-order valence-electron chi connectivity index (χ2n) is 5.88. The van der Waals surface area contributed by atoms with E-state index in [0.29, 0.717) is 22.5 Å². The van der Waals surface area contributed by atoms with Gasteiger partial charge in [0.15, 0.2) is 12.3 Å². The topological polar surface area (TPSA) is 91.2 Å². The van der Waals surface area contributed by atoms with Gasteiger partial charge < -0.3 is 13.7 Å². The number of carbonyl (C=O) groups is 1. The molecule has 8 heteroatoms. The molecule has 2 aromatic heterocycles. The molecule has 0 N–H and O–H groups in total. The fourth-order valence-electron chi connectivity index (χ4n) is 2.52. The number of oxazole rings is 1. The van der Waals surface area contributed by atoms with Crippen LogP contribution in [0.25, 0.3) is 22.8 Å². The first-order valence-electron chi connectivity index (χ1n) is 8.38. The van der Waals surface area contributed by atoms with Crippen LogP contribution in [0.15, 0.2) is 63.5 Å². The third-order valence-electron chi connectivity index (χ3n) is 3.91. The highest BCUT2D eigenvalue weighted by Gasteiger charge is 2.20. The van der Waals surface area contributed by atoms with Crippen LogP contribution < -0.4 is 0 Å². The molecule has 2 aromatic carbocycles. The van der Waals surface area contributed by atoms with E-state index in [9.17, 15) is 4.79 Å². The number of rotatable bonds is 5. The summed E-state index contributed by atoms with van der Waals surface area (Å²) in [4.78, 5) is 20.8. The highest BCUT2D eigenvalue weighted by molar-refractivity contribution is 6.30. The minimum Gasteiger partial charge on any atom is -0.451 e. The molecule has 0 atom stereocenters. The Morgan fingerprint density at radius 2 is 1.79 bits per heavy atom. The molecule has 0 aliphatic rings. The van der Waals surface area contributed by atoms with Gasteiger partial charge in [-0.15, -0.1) is 0 Å². The number of benzene rings is 2. The van der Waals surface area contributed by atoms with Crippen molar-refractivity contribution in [1.82, 2.24) is 15.1 Å². The lowest BCUT2D eigenvalue weighted by molar-refractivity contribution is 0.0421. The number of esters is 1. The fourth-order valence-corrected chi connectivity index (χ4v) is 2.64. The number of hydrogen-bond donors (Lipinski definition) is 0. The predicted molar refractivity (Wildman–Crippen MR) is 101 cm³/mol. The third-order valence-corrected chi connectivity index (χ3v) is 4.16. The summed E-state index contributed by atoms with van der Waals surface area (Å²) >= 11 is 5.87. The maximum Gasteiger partial charge on any atom is 0.361 e. The molecule has 0 radical (unpaired) electrons. The summed E-state index contributed by atoms with van der Waals surface area (Å²) in [5, 5.41) is 4.48. The number of ether oxygens (including phenoxy) is 1. The molecule has 0 aliphatic heterocycles. The van der Waals surface area contributed by atoms with Gasteiger partial charge in [0.05, 0.1) is 0 Å². The summed E-state index contributed by atoms with van der Waals surface area (Å²) in [6, 6.07) is 16.3. The van der Waals surface area contributed by atoms with Crippen LogP contribution in [0.3, 0.4) is 0 Å². The van der Waals surface area contributed by atoms with Crippen LogP contribution in [0.5, 0.6) is 0 Å². The van der Waals surface area contributed by atoms with E-state index in [1.165, 1.54) is 0 Å². The van der Waals surface area contributed by atoms with Crippen molar-refractivity contribution in [2.24, 2.45) is 0 Å². The summed E-state index contributed by atoms with van der Waals surface area (Å²) in [5.41, 5.74) is 1.62. The van der Waals surface area contributed by atoms with E-state index in [1.54, 1.807) is 31.2 Å². The highest BCUT2D eigenvalue weighted by Crippen LogP contribution is 2.22. The largest absolute Gasteiger partial charge is 0.451 e. The zero-order valence-electron chi connectivity index (χ0n) is 14.8. The Kier molecular flexibility index (Phi) is 4.90. The first kappa shape index (κ1) is 17.9. The Bertz CT molecular complexity index is 1100. The van der Waals surface area contributed by atoms with Gasteiger partial charge in [-0.25, -0.2) is 9.78 Å². The molecule has 0 bridgehead atoms. The molecule has 4 aromatic rings. The minimum absolute atomic E-state index is 0.108. The molecule has 4 rings (SSSR count). The number of carbonyl (C=O) groups excluding carboxylic acids is 1. The standard InChI is InChI=1S/C20H14ClN3O4/c1-12-17(23-19(27-12)14-5-3-2-4-6-14)20(25)26-11-16-22-18(24-28-16)13-7-9-15(21)10-8-13/h2-10H,11H2,1H3. The van der Waals surface area contributed by atoms with Crippen molar-refractivity contribution in [3.8, 4) is 22.8 Å². The van der Waals surface area contributed by atoms with Gasteiger partial charge in [-0.2, -0.15) is 4.98 Å². The lowest BCUT2D eigenvalue weighted by Gasteiger charge is -1.98. The molecule has 140 valence electrons. The quantitative estimate of drug-likeness (QED) is 0.452. The average Bonchev–Trinajstić information content (AvgIpc) is 3.34. The molecule has 0 amide bonds. The lowest BCUT2D eigenvalue weighted by atomic mass is 10.2. The number of nitrogens with zero attached hydrogens (tertiary/aromatic N) is 3. The van der Waals surface area contributed by atoms with Crippen molar-refractivity contribution in [1.29, 1.82) is 0 Å². The molecule has 0 saturated carbocycles. The summed E-state index contributed by atoms with van der Waals surface area (Å²) < 4.78 is 15.9. The number of hydrogen-bond acceptors (Lipinski definition) is 7. The molecule has 0 aliphatic carbocycles. The van der Waals surface area contributed by atoms with E-state index < -0.39 is 5.97 Å². The highest BCUT2D eigenvalue weighted by atomic mass is 35.5. The number of halogens is 1. The van der Waals surface area contributed by atoms with Gasteiger partial charge in [-0.3, -0.25) is 0 Å². The second-order valence-corrected chi connectivity index (χ2v) is 6.32. The van der Waals surface area contributed by atoms with Gasteiger partial charge in [0, 0.05) is 16.1 Å². The zero-order chi connectivity index (χ0) is 19.5. The van der Waals surface area contributed by atoms with Crippen LogP contribution in [-0.4, -0.2) is 21.1 Å². The van der Waals surface area contributed by atoms with Crippen LogP contribution in [0, 0.1) is 6.92 Å². The van der Waals surface area contributed by atoms with Crippen LogP contribution in [0.1, 0.15) is 22.1 Å². The monoisotopic (exact) mass is 395 g/mol. The first-order valence-corrected chi connectivity index (χ1v) is 8.76. The van der Waals surface area contributed by atoms with Crippen LogP contribution >= 0.6 is 11.6 Å². The van der Waals surface area contributed by atoms with Gasteiger partial charge in [0.25, 0.3) is 5.89 Å². The van der Waals surface area contributed by atoms with Crippen molar-refractivity contribution >= 4 is 17.6 Å². The second kappa shape index (κ2) is 7.66. The molecule has 28 heavy (non-hydrogen) atoms. The summed E-state index contributed by atoms with van der Waals surface area (Å²) in [6.07, 6.45) is 0. The van der Waals surface area contributed by atoms with Crippen LogP contribution in [0.2, 0.25) is 5.02 Å². The fraction of sp³-hybridized carbons (Fsp3) is 0.100. The molecular weight excluding hydrogens is 382 g/mol. The van der Waals surface area contributed by atoms with Gasteiger partial charge in [0.1, 0.15) is 5.76 Å². The van der Waals surface area contributed by atoms with Crippen LogP contribution in [-0.2, 0) is 11.3 Å². The lowest BCUT2D eigenvalue weighted by Crippen LogP contribution is -2.07. The molecule has 7 nitrogen and oxygen atoms in total. The Hall–Kier alpha value is -3.45. The van der Waals surface area contributed by atoms with Crippen molar-refractivity contribution in [2.45, 2.75) is 13.5 Å². The maximum absolute atomic E-state index is 12.3. The average molecular weight is 396 g/mol. The third kappa shape index (κ3) is 3.79. The molecule has 2 heterocycles. The van der Waals surface area contributed by atoms with E-state index in [4.69, 9.17) is 25.3 Å². The molecular formula is C20H14ClN3O4. The first-order chi connectivity index (χ1) is 13.6. The predicted octanol–water partition coefficient (Wildman–Crippen LogP) is 4.71. The van der Waals surface area contributed by atoms with Gasteiger partial charge in [0.2, 0.25) is 11.7 Å². The van der Waals surface area contributed by atoms with Crippen molar-refractivity contribution in [3.63, 3.8) is 0 Å². The van der Waals surface area contributed by atoms with Crippen molar-refractivity contribution in [3.05, 3.63) is 77.0 Å². The maximum atomic E-state index is 12.3. The van der Waals surface area contributed by atoms with E-state index in [-0.39, 0.29) is 18.2 Å². The van der Waals surface area contributed by atoms with E-state index in [0.717, 1.165) is 11.1 Å². The van der Waals surface area contributed by atoms with Crippen molar-refractivity contribution in [2.75, 3.05) is 0 Å². The van der Waals surface area contributed by atoms with Gasteiger partial charge in [-0.05, 0) is 43.3 Å². The Labute approximate surface area is 164 Å². The smallest absolute Gasteiger partial charge is 0.361 e. The Balaban J connectivity index is 1.44. The molecule has 0 spiro atoms. The molecule has 0 saturated heterocycles. The molecule has 0 unspecified atom stereocenters. The zero-order valence-corrected chi connectivity index (χ0v) is 15.5. The van der Waals surface area contributed by atoms with E-state index in [2.05, 4.69) is 15.1 Å². The van der Waals surface area contributed by atoms with Crippen molar-refractivity contribution < 1.29 is 18.5 Å². The van der Waals surface area contributed by atoms with Gasteiger partial charge >= 0.3 is 5.97 Å². The summed E-state index contributed by atoms with van der Waals surface area (Å²) in [7, 11) is 0. The van der Waals surface area contributed by atoms with Gasteiger partial charge in [-0.1, -0.05) is 35.0 Å². The summed E-state index contributed by atoms with van der Waals surface area (Å²) in [5.74, 6) is 0.646. The Morgan fingerprint density at radius 1 is 1.04 bits per heavy atom. The number of aryl methyl sites for hydroxylation is 1.